The van der Waals surface area contributed by atoms with Crippen LogP contribution < -0.4 is 10.5 Å². The summed E-state index contributed by atoms with van der Waals surface area (Å²) in [5.41, 5.74) is 8.13. The molecular formula is C22H23N5O2. The maximum atomic E-state index is 13.0. The first kappa shape index (κ1) is 18.9. The third kappa shape index (κ3) is 4.03. The van der Waals surface area contributed by atoms with E-state index in [1.165, 1.54) is 0 Å². The first-order chi connectivity index (χ1) is 14.1. The molecule has 0 bridgehead atoms. The number of piperidine rings is 1. The molecule has 1 unspecified atom stereocenters. The van der Waals surface area contributed by atoms with Gasteiger partial charge in [0, 0.05) is 37.6 Å². The van der Waals surface area contributed by atoms with E-state index in [0.29, 0.717) is 24.5 Å². The lowest BCUT2D eigenvalue weighted by molar-refractivity contribution is 0.0705. The Morgan fingerprint density at radius 1 is 1.10 bits per heavy atom. The summed E-state index contributed by atoms with van der Waals surface area (Å²) in [6.45, 7) is 3.21. The fourth-order valence-electron chi connectivity index (χ4n) is 3.62. The molecular weight excluding hydrogens is 366 g/mol. The fraction of sp³-hybridized carbons (Fsp3) is 0.273. The highest BCUT2D eigenvalue weighted by Crippen LogP contribution is 2.34. The number of hydrogen-bond acceptors (Lipinski definition) is 6. The van der Waals surface area contributed by atoms with Crippen molar-refractivity contribution >= 4 is 11.7 Å². The first-order valence-corrected chi connectivity index (χ1v) is 9.67. The van der Waals surface area contributed by atoms with Gasteiger partial charge in [0.25, 0.3) is 5.91 Å². The van der Waals surface area contributed by atoms with Crippen LogP contribution in [-0.2, 0) is 0 Å². The summed E-state index contributed by atoms with van der Waals surface area (Å²) in [4.78, 5) is 27.8. The molecule has 1 aliphatic rings. The molecule has 1 fully saturated rings. The minimum atomic E-state index is -0.106. The minimum absolute atomic E-state index is 0.0401. The molecule has 0 radical (unpaired) electrons. The normalized spacial score (nSPS) is 16.4. The van der Waals surface area contributed by atoms with Gasteiger partial charge in [0.05, 0.1) is 5.56 Å². The summed E-state index contributed by atoms with van der Waals surface area (Å²) in [7, 11) is 0. The molecule has 29 heavy (non-hydrogen) atoms. The van der Waals surface area contributed by atoms with Crippen molar-refractivity contribution in [1.29, 1.82) is 0 Å². The van der Waals surface area contributed by atoms with Crippen molar-refractivity contribution in [3.63, 3.8) is 0 Å². The fourth-order valence-corrected chi connectivity index (χ4v) is 3.62. The van der Waals surface area contributed by atoms with E-state index in [0.717, 1.165) is 29.8 Å². The second kappa shape index (κ2) is 8.26. The molecule has 2 aromatic heterocycles. The Bertz CT molecular complexity index is 1020. The number of amides is 1. The predicted octanol–water partition coefficient (Wildman–Crippen LogP) is 3.57. The Balaban J connectivity index is 1.57. The molecule has 0 saturated carbocycles. The van der Waals surface area contributed by atoms with Gasteiger partial charge in [-0.25, -0.2) is 9.97 Å². The van der Waals surface area contributed by atoms with E-state index in [9.17, 15) is 4.79 Å². The zero-order valence-electron chi connectivity index (χ0n) is 16.3. The number of carbonyl (C=O) groups excluding carboxylic acids is 1. The average Bonchev–Trinajstić information content (AvgIpc) is 2.76. The molecule has 1 atom stereocenters. The number of aromatic nitrogens is 3. The smallest absolute Gasteiger partial charge is 0.257 e. The number of likely N-dealkylation sites (tertiary alicyclic amines) is 1. The van der Waals surface area contributed by atoms with Crippen LogP contribution in [0.1, 0.15) is 40.4 Å². The van der Waals surface area contributed by atoms with E-state index in [4.69, 9.17) is 10.5 Å². The number of benzene rings is 1. The van der Waals surface area contributed by atoms with Crippen LogP contribution in [0.5, 0.6) is 11.6 Å². The van der Waals surface area contributed by atoms with Crippen molar-refractivity contribution in [3.8, 4) is 11.6 Å². The van der Waals surface area contributed by atoms with Crippen molar-refractivity contribution in [2.45, 2.75) is 25.7 Å². The standard InChI is InChI=1S/C22H23N5O2/c1-15-6-2-3-9-18(15)29-21-19(24-11-12-26-21)16-7-5-13-27(14-16)22(28)17-8-4-10-25-20(17)23/h2-4,6,8-12,16H,5,7,13-14H2,1H3,(H2,23,25). The highest BCUT2D eigenvalue weighted by Gasteiger charge is 2.29. The summed E-state index contributed by atoms with van der Waals surface area (Å²) < 4.78 is 6.09. The molecule has 4 rings (SSSR count). The van der Waals surface area contributed by atoms with Gasteiger partial charge >= 0.3 is 0 Å². The van der Waals surface area contributed by atoms with Crippen LogP contribution in [0.15, 0.2) is 55.0 Å². The number of nitrogen functional groups attached to an aromatic ring is 1. The zero-order valence-corrected chi connectivity index (χ0v) is 16.3. The van der Waals surface area contributed by atoms with E-state index < -0.39 is 0 Å². The second-order valence-corrected chi connectivity index (χ2v) is 7.14. The predicted molar refractivity (Wildman–Crippen MR) is 110 cm³/mol. The van der Waals surface area contributed by atoms with Crippen molar-refractivity contribution < 1.29 is 9.53 Å². The SMILES string of the molecule is Cc1ccccc1Oc1nccnc1C1CCCN(C(=O)c2cccnc2N)C1. The van der Waals surface area contributed by atoms with Gasteiger partial charge in [-0.1, -0.05) is 18.2 Å². The van der Waals surface area contributed by atoms with E-state index in [1.807, 2.05) is 36.1 Å². The molecule has 1 aliphatic heterocycles. The van der Waals surface area contributed by atoms with Gasteiger partial charge < -0.3 is 15.4 Å². The largest absolute Gasteiger partial charge is 0.437 e. The summed E-state index contributed by atoms with van der Waals surface area (Å²) in [5, 5.41) is 0. The third-order valence-corrected chi connectivity index (χ3v) is 5.16. The van der Waals surface area contributed by atoms with Gasteiger partial charge in [0.2, 0.25) is 5.88 Å². The van der Waals surface area contributed by atoms with Gasteiger partial charge in [-0.15, -0.1) is 0 Å². The number of rotatable bonds is 4. The van der Waals surface area contributed by atoms with Gasteiger partial charge in [0.15, 0.2) is 0 Å². The zero-order chi connectivity index (χ0) is 20.2. The van der Waals surface area contributed by atoms with Crippen molar-refractivity contribution in [1.82, 2.24) is 19.9 Å². The van der Waals surface area contributed by atoms with Gasteiger partial charge in [-0.3, -0.25) is 9.78 Å². The molecule has 2 N–H and O–H groups in total. The summed E-state index contributed by atoms with van der Waals surface area (Å²) >= 11 is 0. The topological polar surface area (TPSA) is 94.2 Å². The Hall–Kier alpha value is -3.48. The van der Waals surface area contributed by atoms with E-state index in [1.54, 1.807) is 30.7 Å². The first-order valence-electron chi connectivity index (χ1n) is 9.67. The molecule has 7 heteroatoms. The highest BCUT2D eigenvalue weighted by molar-refractivity contribution is 5.98. The lowest BCUT2D eigenvalue weighted by atomic mass is 9.94. The Morgan fingerprint density at radius 3 is 2.76 bits per heavy atom. The number of anilines is 1. The van der Waals surface area contributed by atoms with E-state index in [-0.39, 0.29) is 17.6 Å². The van der Waals surface area contributed by atoms with Crippen LogP contribution in [0.25, 0.3) is 0 Å². The lowest BCUT2D eigenvalue weighted by Crippen LogP contribution is -2.39. The van der Waals surface area contributed by atoms with Crippen LogP contribution in [0.2, 0.25) is 0 Å². The molecule has 148 valence electrons. The average molecular weight is 389 g/mol. The maximum Gasteiger partial charge on any atom is 0.257 e. The van der Waals surface area contributed by atoms with Crippen LogP contribution in [0.4, 0.5) is 5.82 Å². The Kier molecular flexibility index (Phi) is 5.37. The van der Waals surface area contributed by atoms with E-state index >= 15 is 0 Å². The number of pyridine rings is 1. The number of nitrogens with zero attached hydrogens (tertiary/aromatic N) is 4. The van der Waals surface area contributed by atoms with Gasteiger partial charge in [-0.05, 0) is 43.5 Å². The second-order valence-electron chi connectivity index (χ2n) is 7.14. The molecule has 3 aromatic rings. The van der Waals surface area contributed by atoms with Gasteiger partial charge in [0.1, 0.15) is 17.3 Å². The summed E-state index contributed by atoms with van der Waals surface area (Å²) in [6.07, 6.45) is 6.66. The molecule has 7 nitrogen and oxygen atoms in total. The Morgan fingerprint density at radius 2 is 1.93 bits per heavy atom. The van der Waals surface area contributed by atoms with E-state index in [2.05, 4.69) is 15.0 Å². The number of hydrogen-bond donors (Lipinski definition) is 1. The van der Waals surface area contributed by atoms with Crippen LogP contribution in [0.3, 0.4) is 0 Å². The number of aryl methyl sites for hydroxylation is 1. The van der Waals surface area contributed by atoms with Crippen molar-refractivity contribution in [2.24, 2.45) is 0 Å². The number of ether oxygens (including phenoxy) is 1. The summed E-state index contributed by atoms with van der Waals surface area (Å²) in [5.74, 6) is 1.43. The lowest BCUT2D eigenvalue weighted by Gasteiger charge is -2.33. The minimum Gasteiger partial charge on any atom is -0.437 e. The van der Waals surface area contributed by atoms with Crippen molar-refractivity contribution in [3.05, 3.63) is 71.8 Å². The number of nitrogens with two attached hydrogens (primary N) is 1. The molecule has 1 amide bonds. The number of carbonyl (C=O) groups is 1. The molecule has 3 heterocycles. The quantitative estimate of drug-likeness (QED) is 0.733. The Labute approximate surface area is 169 Å². The van der Waals surface area contributed by atoms with Crippen LogP contribution in [-0.4, -0.2) is 38.8 Å². The maximum absolute atomic E-state index is 13.0. The summed E-state index contributed by atoms with van der Waals surface area (Å²) in [6, 6.07) is 11.2. The van der Waals surface area contributed by atoms with Crippen LogP contribution in [0, 0.1) is 6.92 Å². The monoisotopic (exact) mass is 389 g/mol. The number of para-hydroxylation sites is 1. The highest BCUT2D eigenvalue weighted by atomic mass is 16.5. The molecule has 1 saturated heterocycles. The third-order valence-electron chi connectivity index (χ3n) is 5.16. The van der Waals surface area contributed by atoms with Crippen molar-refractivity contribution in [2.75, 3.05) is 18.8 Å². The van der Waals surface area contributed by atoms with Crippen LogP contribution >= 0.6 is 0 Å². The van der Waals surface area contributed by atoms with Gasteiger partial charge in [-0.2, -0.15) is 0 Å². The molecule has 1 aromatic carbocycles. The molecule has 0 spiro atoms. The molecule has 0 aliphatic carbocycles.